The number of ether oxygens (including phenoxy) is 3. The average molecular weight is 1030 g/mol. The normalized spacial score (nSPS) is 22.9. The summed E-state index contributed by atoms with van der Waals surface area (Å²) in [6, 6.07) is 14.7. The summed E-state index contributed by atoms with van der Waals surface area (Å²) in [4.78, 5) is 75.2. The smallest absolute Gasteiger partial charge is 0.407 e. The number of rotatable bonds is 13. The van der Waals surface area contributed by atoms with E-state index >= 15 is 4.39 Å². The van der Waals surface area contributed by atoms with Crippen LogP contribution in [0.2, 0.25) is 19.1 Å². The maximum Gasteiger partial charge on any atom is 0.407 e. The number of fused-ring (bicyclic) bond motifs is 5. The molecule has 4 amide bonds. The molecule has 1 saturated carbocycles. The summed E-state index contributed by atoms with van der Waals surface area (Å²) >= 11 is 1.74. The van der Waals surface area contributed by atoms with Crippen LogP contribution in [0, 0.1) is 17.7 Å². The Morgan fingerprint density at radius 1 is 0.932 bits per heavy atom. The van der Waals surface area contributed by atoms with Gasteiger partial charge in [0.05, 0.1) is 78.3 Å². The molecule has 2 aromatic carbocycles. The monoisotopic (exact) mass is 1030 g/mol. The highest BCUT2D eigenvalue weighted by Crippen LogP contribution is 2.51. The SMILES string of the molecule is COC(=O)N[C@H](C(=O)N1C[Si](C)(C)C[C@H]1c1ncc(-c2ccc3c(c2)cc2n3[C@H](c3ccc(C4CC4)s3)Oc3cc(-c4cnc([C@@H]5CCCN5C(=O)[C@@H](NC=O)C(C)C)[nH]4)cc(F)c3-2)[nH]1)[C@@H]1CCOC(C)(C)C1. The van der Waals surface area contributed by atoms with Crippen LogP contribution in [0.3, 0.4) is 0 Å². The Morgan fingerprint density at radius 3 is 2.38 bits per heavy atom. The van der Waals surface area contributed by atoms with Crippen LogP contribution in [0.5, 0.6) is 5.75 Å². The Balaban J connectivity index is 0.912. The number of nitrogens with zero attached hydrogens (tertiary/aromatic N) is 5. The van der Waals surface area contributed by atoms with Gasteiger partial charge < -0.3 is 44.6 Å². The van der Waals surface area contributed by atoms with Gasteiger partial charge in [0.25, 0.3) is 0 Å². The lowest BCUT2D eigenvalue weighted by Gasteiger charge is -2.40. The van der Waals surface area contributed by atoms with E-state index < -0.39 is 43.9 Å². The molecular formula is C54H64FN9O7SSi. The molecule has 384 valence electrons. The molecule has 0 unspecified atom stereocenters. The summed E-state index contributed by atoms with van der Waals surface area (Å²) in [5.41, 5.74) is 4.34. The van der Waals surface area contributed by atoms with Gasteiger partial charge in [0.15, 0.2) is 0 Å². The van der Waals surface area contributed by atoms with Gasteiger partial charge in [0.2, 0.25) is 24.5 Å². The number of carbonyl (C=O) groups is 4. The molecule has 5 aliphatic rings. The van der Waals surface area contributed by atoms with Crippen LogP contribution in [0.15, 0.2) is 60.9 Å². The van der Waals surface area contributed by atoms with Crippen molar-refractivity contribution in [3.63, 3.8) is 0 Å². The molecule has 6 aromatic rings. The van der Waals surface area contributed by atoms with Crippen molar-refractivity contribution >= 4 is 54.6 Å². The van der Waals surface area contributed by atoms with E-state index in [1.165, 1.54) is 30.9 Å². The Kier molecular flexibility index (Phi) is 12.6. The molecule has 4 N–H and O–H groups in total. The highest BCUT2D eigenvalue weighted by atomic mass is 32.1. The van der Waals surface area contributed by atoms with Crippen molar-refractivity contribution < 1.29 is 37.8 Å². The van der Waals surface area contributed by atoms with Gasteiger partial charge in [0, 0.05) is 40.7 Å². The number of likely N-dealkylation sites (tertiary alicyclic amines) is 1. The van der Waals surface area contributed by atoms with E-state index in [2.05, 4.69) is 62.5 Å². The number of hydrogen-bond donors (Lipinski definition) is 4. The van der Waals surface area contributed by atoms with E-state index in [1.54, 1.807) is 22.4 Å². The Morgan fingerprint density at radius 2 is 1.67 bits per heavy atom. The van der Waals surface area contributed by atoms with E-state index in [9.17, 15) is 19.2 Å². The molecule has 73 heavy (non-hydrogen) atoms. The summed E-state index contributed by atoms with van der Waals surface area (Å²) in [5, 5.41) is 6.49. The topological polar surface area (TPSA) is 189 Å². The summed E-state index contributed by atoms with van der Waals surface area (Å²) in [5.74, 6) is 1.31. The van der Waals surface area contributed by atoms with Crippen molar-refractivity contribution in [2.45, 2.75) is 127 Å². The first-order valence-electron chi connectivity index (χ1n) is 25.6. The van der Waals surface area contributed by atoms with E-state index in [1.807, 2.05) is 57.0 Å². The van der Waals surface area contributed by atoms with Gasteiger partial charge in [0.1, 0.15) is 35.3 Å². The molecule has 6 atom stereocenters. The Hall–Kier alpha value is -6.31. The minimum Gasteiger partial charge on any atom is -0.464 e. The van der Waals surface area contributed by atoms with Crippen molar-refractivity contribution in [1.82, 2.24) is 44.9 Å². The molecule has 11 rings (SSSR count). The largest absolute Gasteiger partial charge is 0.464 e. The molecule has 0 bridgehead atoms. The first-order valence-corrected chi connectivity index (χ1v) is 29.9. The van der Waals surface area contributed by atoms with Crippen molar-refractivity contribution in [1.29, 1.82) is 0 Å². The van der Waals surface area contributed by atoms with E-state index in [4.69, 9.17) is 24.2 Å². The number of thiophene rings is 1. The number of benzene rings is 2. The fourth-order valence-corrected chi connectivity index (χ4v) is 15.9. The zero-order valence-electron chi connectivity index (χ0n) is 42.4. The number of hydrogen-bond acceptors (Lipinski definition) is 10. The zero-order valence-corrected chi connectivity index (χ0v) is 44.2. The lowest BCUT2D eigenvalue weighted by Crippen LogP contribution is -2.55. The molecule has 8 heterocycles. The predicted molar refractivity (Wildman–Crippen MR) is 278 cm³/mol. The second-order valence-electron chi connectivity index (χ2n) is 22.4. The number of aromatic nitrogens is 5. The predicted octanol–water partition coefficient (Wildman–Crippen LogP) is 9.60. The number of methoxy groups -OCH3 is 1. The molecule has 0 radical (unpaired) electrons. The second kappa shape index (κ2) is 18.9. The van der Waals surface area contributed by atoms with Crippen LogP contribution in [0.1, 0.15) is 112 Å². The molecule has 16 nitrogen and oxygen atoms in total. The van der Waals surface area contributed by atoms with Crippen LogP contribution in [-0.2, 0) is 23.9 Å². The number of alkyl carbamates (subject to hydrolysis) is 1. The van der Waals surface area contributed by atoms with E-state index in [-0.39, 0.29) is 35.7 Å². The highest BCUT2D eigenvalue weighted by molar-refractivity contribution is 7.12. The lowest BCUT2D eigenvalue weighted by molar-refractivity contribution is -0.139. The number of carbonyl (C=O) groups excluding carboxylic acids is 4. The number of aromatic amines is 2. The number of nitrogens with one attached hydrogen (secondary N) is 4. The highest BCUT2D eigenvalue weighted by Gasteiger charge is 2.48. The number of amides is 4. The first-order chi connectivity index (χ1) is 35.0. The van der Waals surface area contributed by atoms with Crippen LogP contribution >= 0.6 is 11.3 Å². The van der Waals surface area contributed by atoms with Gasteiger partial charge in [-0.15, -0.1) is 11.3 Å². The van der Waals surface area contributed by atoms with Gasteiger partial charge in [-0.3, -0.25) is 19.0 Å². The number of halogens is 1. The molecule has 4 fully saturated rings. The third-order valence-corrected chi connectivity index (χ3v) is 19.6. The van der Waals surface area contributed by atoms with Gasteiger partial charge in [-0.05, 0) is 119 Å². The van der Waals surface area contributed by atoms with Gasteiger partial charge >= 0.3 is 6.09 Å². The van der Waals surface area contributed by atoms with Gasteiger partial charge in [-0.25, -0.2) is 19.2 Å². The average Bonchev–Trinajstić information content (AvgIpc) is 4.04. The molecule has 0 spiro atoms. The zero-order chi connectivity index (χ0) is 51.1. The summed E-state index contributed by atoms with van der Waals surface area (Å²) < 4.78 is 37.1. The number of H-pyrrole nitrogens is 2. The minimum atomic E-state index is -1.91. The van der Waals surface area contributed by atoms with Crippen LogP contribution < -0.4 is 15.4 Å². The minimum absolute atomic E-state index is 0.0921. The standard InChI is InChI=1S/C54H64FN9O7SSi/c1-29(2)46(58-27-65)50(66)62-17-8-9-39(62)48-56-25-37(60-48)33-20-35(55)45-40-21-34-19-31(12-13-38(34)64(40)52(71-42(45)22-33)44-15-14-43(72-44)30-10-11-30)36-24-57-49(59-36)41-26-73(6,7)28-63(41)51(67)47(61-53(68)69-5)32-16-18-70-54(3,4)23-32/h12-15,19-22,24-25,27,29-30,32,39,41,46-47,52H,8-11,16-18,23,26,28H2,1-7H3,(H,56,60)(H,57,59)(H,58,65)(H,61,68)/t32-,39+,41+,46+,47+,52+/m1/s1. The second-order valence-corrected chi connectivity index (χ2v) is 28.6. The summed E-state index contributed by atoms with van der Waals surface area (Å²) in [7, 11) is -0.592. The Bertz CT molecular complexity index is 3120. The van der Waals surface area contributed by atoms with Crippen molar-refractivity contribution in [3.05, 3.63) is 88.1 Å². The maximum atomic E-state index is 17.0. The van der Waals surface area contributed by atoms with Crippen molar-refractivity contribution in [2.75, 3.05) is 26.4 Å². The van der Waals surface area contributed by atoms with Gasteiger partial charge in [-0.2, -0.15) is 0 Å². The number of imidazole rings is 2. The molecule has 4 aliphatic heterocycles. The quantitative estimate of drug-likeness (QED) is 0.0645. The van der Waals surface area contributed by atoms with E-state index in [0.29, 0.717) is 90.8 Å². The molecule has 19 heteroatoms. The fraction of sp³-hybridized carbons (Fsp3) is 0.481. The fourth-order valence-electron chi connectivity index (χ4n) is 11.8. The third-order valence-electron chi connectivity index (χ3n) is 15.6. The summed E-state index contributed by atoms with van der Waals surface area (Å²) in [6.45, 7) is 13.5. The molecule has 1 aliphatic carbocycles. The van der Waals surface area contributed by atoms with Crippen LogP contribution in [0.4, 0.5) is 9.18 Å². The van der Waals surface area contributed by atoms with Crippen molar-refractivity contribution in [2.24, 2.45) is 11.8 Å². The molecule has 3 saturated heterocycles. The Labute approximate surface area is 428 Å². The van der Waals surface area contributed by atoms with Crippen molar-refractivity contribution in [3.8, 4) is 39.5 Å². The van der Waals surface area contributed by atoms with Crippen LogP contribution in [-0.4, -0.2) is 111 Å². The maximum absolute atomic E-state index is 17.0. The lowest BCUT2D eigenvalue weighted by atomic mass is 9.82. The van der Waals surface area contributed by atoms with Crippen LogP contribution in [0.25, 0.3) is 44.7 Å². The molecule has 4 aromatic heterocycles. The summed E-state index contributed by atoms with van der Waals surface area (Å²) in [6.07, 6.45) is 8.59. The molecular weight excluding hydrogens is 966 g/mol. The van der Waals surface area contributed by atoms with Gasteiger partial charge in [-0.1, -0.05) is 33.0 Å². The van der Waals surface area contributed by atoms with E-state index in [0.717, 1.165) is 39.5 Å². The third kappa shape index (κ3) is 9.25. The first kappa shape index (κ1) is 48.9.